The van der Waals surface area contributed by atoms with Gasteiger partial charge in [0.15, 0.2) is 0 Å². The Bertz CT molecular complexity index is 295. The molecule has 0 saturated heterocycles. The minimum absolute atomic E-state index is 0. The normalized spacial score (nSPS) is 28.9. The average molecular weight is 307 g/mol. The van der Waals surface area contributed by atoms with E-state index in [1.807, 2.05) is 11.8 Å². The lowest BCUT2D eigenvalue weighted by Crippen LogP contribution is -2.49. The molecule has 3 nitrogen and oxygen atoms in total. The summed E-state index contributed by atoms with van der Waals surface area (Å²) in [5.41, 5.74) is 5.63. The van der Waals surface area contributed by atoms with Gasteiger partial charge in [-0.3, -0.25) is 4.79 Å². The molecule has 2 atom stereocenters. The highest BCUT2D eigenvalue weighted by Gasteiger charge is 2.41. The Kier molecular flexibility index (Phi) is 6.98. The van der Waals surface area contributed by atoms with Crippen LogP contribution in [-0.4, -0.2) is 29.5 Å². The minimum Gasteiger partial charge on any atom is -0.352 e. The Balaban J connectivity index is 0.00000180. The third-order valence-corrected chi connectivity index (χ3v) is 5.91. The van der Waals surface area contributed by atoms with Crippen molar-refractivity contribution in [3.8, 4) is 0 Å². The number of halogens is 1. The standard InChI is InChI=1S/C14H26N2OS.ClH/c1-2-18-12-7-5-6-11(12)16-13(17)14(10-15)8-3-4-9-14;/h11-12H,2-10,15H2,1H3,(H,16,17);1H. The van der Waals surface area contributed by atoms with Crippen LogP contribution < -0.4 is 11.1 Å². The second-order valence-corrected chi connectivity index (χ2v) is 7.21. The Morgan fingerprint density at radius 1 is 1.32 bits per heavy atom. The van der Waals surface area contributed by atoms with E-state index in [1.165, 1.54) is 12.8 Å². The number of nitrogens with one attached hydrogen (secondary N) is 1. The maximum atomic E-state index is 12.5. The van der Waals surface area contributed by atoms with E-state index in [1.54, 1.807) is 0 Å². The average Bonchev–Trinajstić information content (AvgIpc) is 3.00. The fourth-order valence-corrected chi connectivity index (χ4v) is 4.60. The summed E-state index contributed by atoms with van der Waals surface area (Å²) in [4.78, 5) is 12.5. The van der Waals surface area contributed by atoms with E-state index in [0.717, 1.165) is 37.9 Å². The van der Waals surface area contributed by atoms with E-state index in [2.05, 4.69) is 12.2 Å². The Morgan fingerprint density at radius 2 is 2.00 bits per heavy atom. The van der Waals surface area contributed by atoms with E-state index in [9.17, 15) is 4.79 Å². The van der Waals surface area contributed by atoms with E-state index in [-0.39, 0.29) is 23.7 Å². The summed E-state index contributed by atoms with van der Waals surface area (Å²) in [6.45, 7) is 2.71. The summed E-state index contributed by atoms with van der Waals surface area (Å²) in [7, 11) is 0. The molecule has 3 N–H and O–H groups in total. The predicted octanol–water partition coefficient (Wildman–Crippen LogP) is 2.72. The van der Waals surface area contributed by atoms with Crippen LogP contribution in [0.1, 0.15) is 51.9 Å². The third-order valence-electron chi connectivity index (χ3n) is 4.58. The number of thioether (sulfide) groups is 1. The predicted molar refractivity (Wildman–Crippen MR) is 84.9 cm³/mol. The van der Waals surface area contributed by atoms with Gasteiger partial charge in [-0.25, -0.2) is 0 Å². The van der Waals surface area contributed by atoms with Gasteiger partial charge < -0.3 is 11.1 Å². The molecule has 0 aliphatic heterocycles. The lowest BCUT2D eigenvalue weighted by molar-refractivity contribution is -0.131. The molecule has 0 bridgehead atoms. The monoisotopic (exact) mass is 306 g/mol. The van der Waals surface area contributed by atoms with Gasteiger partial charge >= 0.3 is 0 Å². The number of carbonyl (C=O) groups is 1. The minimum atomic E-state index is -0.246. The molecule has 19 heavy (non-hydrogen) atoms. The zero-order chi connectivity index (χ0) is 13.0. The highest BCUT2D eigenvalue weighted by Crippen LogP contribution is 2.38. The van der Waals surface area contributed by atoms with Crippen LogP contribution >= 0.6 is 24.2 Å². The summed E-state index contributed by atoms with van der Waals surface area (Å²) in [6, 6.07) is 0.381. The van der Waals surface area contributed by atoms with Crippen LogP contribution in [0.2, 0.25) is 0 Å². The maximum absolute atomic E-state index is 12.5. The smallest absolute Gasteiger partial charge is 0.227 e. The van der Waals surface area contributed by atoms with Crippen molar-refractivity contribution < 1.29 is 4.79 Å². The molecule has 5 heteroatoms. The third kappa shape index (κ3) is 3.79. The molecular formula is C14H27ClN2OS. The Hall–Kier alpha value is 0.0700. The second-order valence-electron chi connectivity index (χ2n) is 5.70. The van der Waals surface area contributed by atoms with Crippen LogP contribution in [0.5, 0.6) is 0 Å². The molecule has 1 amide bonds. The van der Waals surface area contributed by atoms with Crippen molar-refractivity contribution in [2.75, 3.05) is 12.3 Å². The fourth-order valence-electron chi connectivity index (χ4n) is 3.40. The van der Waals surface area contributed by atoms with Gasteiger partial charge in [-0.15, -0.1) is 12.4 Å². The quantitative estimate of drug-likeness (QED) is 0.821. The highest BCUT2D eigenvalue weighted by molar-refractivity contribution is 7.99. The van der Waals surface area contributed by atoms with Crippen molar-refractivity contribution in [1.82, 2.24) is 5.32 Å². The zero-order valence-electron chi connectivity index (χ0n) is 11.8. The van der Waals surface area contributed by atoms with Crippen LogP contribution in [0, 0.1) is 5.41 Å². The fraction of sp³-hybridized carbons (Fsp3) is 0.929. The van der Waals surface area contributed by atoms with Gasteiger partial charge in [0.05, 0.1) is 5.41 Å². The van der Waals surface area contributed by atoms with Crippen LogP contribution in [0.4, 0.5) is 0 Å². The molecule has 0 aromatic heterocycles. The lowest BCUT2D eigenvalue weighted by atomic mass is 9.85. The Morgan fingerprint density at radius 3 is 2.58 bits per heavy atom. The summed E-state index contributed by atoms with van der Waals surface area (Å²) in [5, 5.41) is 3.93. The molecule has 0 radical (unpaired) electrons. The topological polar surface area (TPSA) is 55.1 Å². The molecule has 0 aromatic rings. The van der Waals surface area contributed by atoms with Crippen LogP contribution in [0.25, 0.3) is 0 Å². The van der Waals surface area contributed by atoms with Crippen molar-refractivity contribution in [3.05, 3.63) is 0 Å². The molecule has 2 unspecified atom stereocenters. The lowest BCUT2D eigenvalue weighted by Gasteiger charge is -2.29. The van der Waals surface area contributed by atoms with Gasteiger partial charge in [-0.2, -0.15) is 11.8 Å². The summed E-state index contributed by atoms with van der Waals surface area (Å²) in [6.07, 6.45) is 7.91. The first kappa shape index (κ1) is 17.1. The highest BCUT2D eigenvalue weighted by atomic mass is 35.5. The first-order valence-electron chi connectivity index (χ1n) is 7.34. The first-order valence-corrected chi connectivity index (χ1v) is 8.39. The molecule has 2 saturated carbocycles. The molecule has 112 valence electrons. The molecule has 0 spiro atoms. The van der Waals surface area contributed by atoms with Gasteiger partial charge in [-0.1, -0.05) is 26.2 Å². The van der Waals surface area contributed by atoms with Crippen molar-refractivity contribution >= 4 is 30.1 Å². The van der Waals surface area contributed by atoms with Crippen LogP contribution in [0.3, 0.4) is 0 Å². The van der Waals surface area contributed by atoms with E-state index < -0.39 is 0 Å². The van der Waals surface area contributed by atoms with E-state index in [0.29, 0.717) is 17.8 Å². The Labute approximate surface area is 127 Å². The number of carbonyl (C=O) groups excluding carboxylic acids is 1. The number of rotatable bonds is 5. The van der Waals surface area contributed by atoms with Gasteiger partial charge in [0.2, 0.25) is 5.91 Å². The summed E-state index contributed by atoms with van der Waals surface area (Å²) >= 11 is 1.99. The molecule has 0 heterocycles. The van der Waals surface area contributed by atoms with Crippen molar-refractivity contribution in [2.45, 2.75) is 63.2 Å². The molecule has 0 aromatic carbocycles. The zero-order valence-corrected chi connectivity index (χ0v) is 13.5. The van der Waals surface area contributed by atoms with Gasteiger partial charge in [-0.05, 0) is 31.4 Å². The number of hydrogen-bond acceptors (Lipinski definition) is 3. The second kappa shape index (κ2) is 7.75. The summed E-state index contributed by atoms with van der Waals surface area (Å²) in [5.74, 6) is 1.37. The SMILES string of the molecule is CCSC1CCCC1NC(=O)C1(CN)CCCC1.Cl. The summed E-state index contributed by atoms with van der Waals surface area (Å²) < 4.78 is 0. The van der Waals surface area contributed by atoms with E-state index >= 15 is 0 Å². The molecule has 2 rings (SSSR count). The van der Waals surface area contributed by atoms with Crippen molar-refractivity contribution in [2.24, 2.45) is 11.1 Å². The van der Waals surface area contributed by atoms with Gasteiger partial charge in [0, 0.05) is 17.8 Å². The van der Waals surface area contributed by atoms with Crippen molar-refractivity contribution in [1.29, 1.82) is 0 Å². The van der Waals surface area contributed by atoms with Gasteiger partial charge in [0.1, 0.15) is 0 Å². The largest absolute Gasteiger partial charge is 0.352 e. The van der Waals surface area contributed by atoms with Gasteiger partial charge in [0.25, 0.3) is 0 Å². The molecule has 2 aliphatic rings. The molecule has 2 aliphatic carbocycles. The molecule has 2 fully saturated rings. The number of amides is 1. The van der Waals surface area contributed by atoms with Crippen molar-refractivity contribution in [3.63, 3.8) is 0 Å². The first-order chi connectivity index (χ1) is 8.72. The number of hydrogen-bond donors (Lipinski definition) is 2. The number of nitrogens with two attached hydrogens (primary N) is 1. The van der Waals surface area contributed by atoms with Crippen LogP contribution in [-0.2, 0) is 4.79 Å². The maximum Gasteiger partial charge on any atom is 0.227 e. The van der Waals surface area contributed by atoms with E-state index in [4.69, 9.17) is 5.73 Å². The van der Waals surface area contributed by atoms with Crippen LogP contribution in [0.15, 0.2) is 0 Å². The molecular weight excluding hydrogens is 280 g/mol.